The van der Waals surface area contributed by atoms with Crippen LogP contribution in [0.4, 0.5) is 22.0 Å². The molecule has 0 aromatic carbocycles. The topological polar surface area (TPSA) is 0 Å². The minimum Gasteiger partial charge on any atom is -0.244 e. The van der Waals surface area contributed by atoms with Crippen LogP contribution in [0, 0.1) is 6.92 Å². The molecule has 0 saturated heterocycles. The van der Waals surface area contributed by atoms with Crippen LogP contribution in [0.15, 0.2) is 0 Å². The summed E-state index contributed by atoms with van der Waals surface area (Å²) in [6.45, 7) is 0.902. The molecule has 0 aliphatic carbocycles. The van der Waals surface area contributed by atoms with Gasteiger partial charge in [0.2, 0.25) is 0 Å². The molecule has 12 heavy (non-hydrogen) atoms. The zero-order chi connectivity index (χ0) is 9.83. The van der Waals surface area contributed by atoms with Crippen LogP contribution in [0.5, 0.6) is 0 Å². The second kappa shape index (κ2) is 4.05. The molecule has 0 atom stereocenters. The predicted octanol–water partition coefficient (Wildman–Crippen LogP) is 3.23. The Labute approximate surface area is 67.8 Å². The lowest BCUT2D eigenvalue weighted by atomic mass is 10.1. The highest BCUT2D eigenvalue weighted by atomic mass is 19.3. The van der Waals surface area contributed by atoms with Crippen molar-refractivity contribution < 1.29 is 22.0 Å². The molecule has 0 amide bonds. The largest absolute Gasteiger partial charge is 0.337 e. The van der Waals surface area contributed by atoms with Gasteiger partial charge in [-0.15, -0.1) is 0 Å². The number of unbranched alkanes of at least 4 members (excludes halogenated alkanes) is 1. The van der Waals surface area contributed by atoms with Gasteiger partial charge in [-0.2, -0.15) is 17.6 Å². The summed E-state index contributed by atoms with van der Waals surface area (Å²) in [6, 6.07) is 0. The maximum atomic E-state index is 12.4. The van der Waals surface area contributed by atoms with Gasteiger partial charge in [0.05, 0.1) is 0 Å². The van der Waals surface area contributed by atoms with Gasteiger partial charge in [0.1, 0.15) is 0 Å². The predicted molar refractivity (Wildman–Crippen MR) is 35.1 cm³/mol. The van der Waals surface area contributed by atoms with Crippen LogP contribution in [-0.4, -0.2) is 18.5 Å². The van der Waals surface area contributed by atoms with Crippen molar-refractivity contribution >= 4 is 0 Å². The molecule has 0 spiro atoms. The highest BCUT2D eigenvalue weighted by Crippen LogP contribution is 2.38. The van der Waals surface area contributed by atoms with Crippen molar-refractivity contribution in [1.82, 2.24) is 0 Å². The van der Waals surface area contributed by atoms with Crippen molar-refractivity contribution in [3.8, 4) is 0 Å². The van der Waals surface area contributed by atoms with Gasteiger partial charge < -0.3 is 0 Å². The smallest absolute Gasteiger partial charge is 0.244 e. The first-order valence-corrected chi connectivity index (χ1v) is 3.48. The maximum Gasteiger partial charge on any atom is 0.337 e. The molecule has 0 rings (SSSR count). The summed E-state index contributed by atoms with van der Waals surface area (Å²) in [7, 11) is 0. The first-order valence-electron chi connectivity index (χ1n) is 3.48. The molecule has 0 fully saturated rings. The van der Waals surface area contributed by atoms with Crippen LogP contribution < -0.4 is 0 Å². The Morgan fingerprint density at radius 2 is 1.50 bits per heavy atom. The van der Waals surface area contributed by atoms with Crippen molar-refractivity contribution in [1.29, 1.82) is 0 Å². The average molecular weight is 189 g/mol. The van der Waals surface area contributed by atoms with Crippen LogP contribution >= 0.6 is 0 Å². The number of hydrogen-bond donors (Lipinski definition) is 0. The third-order valence-corrected chi connectivity index (χ3v) is 1.44. The average Bonchev–Trinajstić information content (AvgIpc) is 2.00. The fourth-order valence-electron chi connectivity index (χ4n) is 0.628. The second-order valence-electron chi connectivity index (χ2n) is 2.50. The molecule has 73 valence electrons. The van der Waals surface area contributed by atoms with E-state index in [0.717, 1.165) is 0 Å². The molecule has 5 heteroatoms. The molecule has 0 heterocycles. The molecule has 0 saturated carbocycles. The summed E-state index contributed by atoms with van der Waals surface area (Å²) in [6.07, 6.45) is -1.02. The van der Waals surface area contributed by atoms with E-state index in [9.17, 15) is 22.0 Å². The van der Waals surface area contributed by atoms with Crippen molar-refractivity contribution in [2.75, 3.05) is 6.67 Å². The Morgan fingerprint density at radius 1 is 1.00 bits per heavy atom. The van der Waals surface area contributed by atoms with Crippen molar-refractivity contribution in [3.05, 3.63) is 6.92 Å². The second-order valence-corrected chi connectivity index (χ2v) is 2.50. The molecule has 0 nitrogen and oxygen atoms in total. The fourth-order valence-corrected chi connectivity index (χ4v) is 0.628. The minimum atomic E-state index is -4.54. The van der Waals surface area contributed by atoms with Crippen LogP contribution in [0.1, 0.15) is 19.3 Å². The highest BCUT2D eigenvalue weighted by Gasteiger charge is 2.55. The Bertz CT molecular complexity index is 132. The van der Waals surface area contributed by atoms with Crippen molar-refractivity contribution in [2.24, 2.45) is 0 Å². The Balaban J connectivity index is 4.17. The number of alkyl halides is 5. The highest BCUT2D eigenvalue weighted by molar-refractivity contribution is 4.83. The van der Waals surface area contributed by atoms with Gasteiger partial charge in [0.25, 0.3) is 0 Å². The van der Waals surface area contributed by atoms with E-state index in [2.05, 4.69) is 6.92 Å². The van der Waals surface area contributed by atoms with Gasteiger partial charge in [0, 0.05) is 6.42 Å². The van der Waals surface area contributed by atoms with E-state index in [1.807, 2.05) is 0 Å². The summed E-state index contributed by atoms with van der Waals surface area (Å²) >= 11 is 0. The van der Waals surface area contributed by atoms with Crippen molar-refractivity contribution in [2.45, 2.75) is 31.1 Å². The molecular formula is C7H10F5. The normalized spacial score (nSPS) is 13.5. The SMILES string of the molecule is [CH2]CCCC(F)(F)C(F)(F)CF. The van der Waals surface area contributed by atoms with E-state index >= 15 is 0 Å². The fraction of sp³-hybridized carbons (Fsp3) is 0.857. The zero-order valence-electron chi connectivity index (χ0n) is 6.43. The van der Waals surface area contributed by atoms with E-state index in [0.29, 0.717) is 0 Å². The summed E-state index contributed by atoms with van der Waals surface area (Å²) in [5.74, 6) is -8.79. The zero-order valence-corrected chi connectivity index (χ0v) is 6.43. The molecule has 0 aliphatic rings. The van der Waals surface area contributed by atoms with E-state index in [4.69, 9.17) is 0 Å². The maximum absolute atomic E-state index is 12.4. The van der Waals surface area contributed by atoms with E-state index in [-0.39, 0.29) is 12.8 Å². The third kappa shape index (κ3) is 2.60. The Kier molecular flexibility index (Phi) is 3.93. The number of rotatable bonds is 5. The first kappa shape index (κ1) is 11.6. The van der Waals surface area contributed by atoms with Crippen LogP contribution in [0.3, 0.4) is 0 Å². The van der Waals surface area contributed by atoms with Crippen molar-refractivity contribution in [3.63, 3.8) is 0 Å². The molecule has 1 radical (unpaired) electrons. The minimum absolute atomic E-state index is 0.136. The first-order chi connectivity index (χ1) is 5.37. The van der Waals surface area contributed by atoms with Crippen LogP contribution in [0.25, 0.3) is 0 Å². The monoisotopic (exact) mass is 189 g/mol. The molecule has 0 aromatic heterocycles. The summed E-state index contributed by atoms with van der Waals surface area (Å²) in [5, 5.41) is 0. The van der Waals surface area contributed by atoms with Gasteiger partial charge in [-0.05, 0) is 6.42 Å². The van der Waals surface area contributed by atoms with E-state index in [1.165, 1.54) is 0 Å². The third-order valence-electron chi connectivity index (χ3n) is 1.44. The van der Waals surface area contributed by atoms with Gasteiger partial charge in [-0.25, -0.2) is 4.39 Å². The molecule has 0 aliphatic heterocycles. The molecule has 0 aromatic rings. The summed E-state index contributed by atoms with van der Waals surface area (Å²) < 4.78 is 60.4. The van der Waals surface area contributed by atoms with Crippen LogP contribution in [-0.2, 0) is 0 Å². The number of halogens is 5. The van der Waals surface area contributed by atoms with Gasteiger partial charge >= 0.3 is 11.8 Å². The Hall–Kier alpha value is -0.350. The van der Waals surface area contributed by atoms with Crippen LogP contribution in [0.2, 0.25) is 0 Å². The molecule has 0 unspecified atom stereocenters. The van der Waals surface area contributed by atoms with Gasteiger partial charge in [-0.1, -0.05) is 13.3 Å². The van der Waals surface area contributed by atoms with E-state index in [1.54, 1.807) is 0 Å². The number of hydrogen-bond acceptors (Lipinski definition) is 0. The summed E-state index contributed by atoms with van der Waals surface area (Å²) in [4.78, 5) is 0. The van der Waals surface area contributed by atoms with Gasteiger partial charge in [-0.3, -0.25) is 0 Å². The van der Waals surface area contributed by atoms with E-state index < -0.39 is 24.9 Å². The quantitative estimate of drug-likeness (QED) is 0.582. The molecule has 0 bridgehead atoms. The van der Waals surface area contributed by atoms with Gasteiger partial charge in [0.15, 0.2) is 6.67 Å². The lowest BCUT2D eigenvalue weighted by molar-refractivity contribution is -0.218. The molecular weight excluding hydrogens is 179 g/mol. The Morgan fingerprint density at radius 3 is 1.83 bits per heavy atom. The standard InChI is InChI=1S/C7H10F5/c1-2-3-4-6(9,10)7(11,12)5-8/h1-5H2. The lowest BCUT2D eigenvalue weighted by Gasteiger charge is -2.23. The lowest BCUT2D eigenvalue weighted by Crippen LogP contribution is -2.42. The summed E-state index contributed by atoms with van der Waals surface area (Å²) in [5.41, 5.74) is 0. The molecule has 0 N–H and O–H groups in total.